The van der Waals surface area contributed by atoms with Gasteiger partial charge in [0.15, 0.2) is 0 Å². The summed E-state index contributed by atoms with van der Waals surface area (Å²) in [6.07, 6.45) is 1.66. The second kappa shape index (κ2) is 2.48. The predicted molar refractivity (Wildman–Crippen MR) is 55.9 cm³/mol. The number of nitrogen functional groups attached to an aromatic ring is 1. The van der Waals surface area contributed by atoms with Crippen molar-refractivity contribution in [2.24, 2.45) is 0 Å². The fourth-order valence-corrected chi connectivity index (χ4v) is 1.65. The molecule has 0 amide bonds. The Bertz CT molecular complexity index is 613. The summed E-state index contributed by atoms with van der Waals surface area (Å²) in [7, 11) is 0. The molecule has 3 aromatic rings. The fraction of sp³-hybridized carbons (Fsp3) is 0. The lowest BCUT2D eigenvalue weighted by molar-refractivity contribution is 0.616. The number of hydrogen-bond donors (Lipinski definition) is 1. The number of rotatable bonds is 0. The van der Waals surface area contributed by atoms with Gasteiger partial charge in [0.25, 0.3) is 0 Å². The summed E-state index contributed by atoms with van der Waals surface area (Å²) in [6, 6.07) is 9.59. The summed E-state index contributed by atoms with van der Waals surface area (Å²) in [5, 5.41) is 2.09. The van der Waals surface area contributed by atoms with E-state index in [9.17, 15) is 0 Å². The molecule has 0 fully saturated rings. The molecule has 0 spiro atoms. The molecule has 2 N–H and O–H groups in total. The third-order valence-electron chi connectivity index (χ3n) is 2.31. The Labute approximate surface area is 80.1 Å². The number of pyridine rings is 1. The first kappa shape index (κ1) is 7.38. The number of furan rings is 1. The minimum atomic E-state index is 0.534. The first-order chi connectivity index (χ1) is 6.84. The van der Waals surface area contributed by atoms with E-state index in [1.54, 1.807) is 12.3 Å². The van der Waals surface area contributed by atoms with E-state index >= 15 is 0 Å². The van der Waals surface area contributed by atoms with Crippen LogP contribution in [-0.4, -0.2) is 4.98 Å². The van der Waals surface area contributed by atoms with Gasteiger partial charge in [0, 0.05) is 10.8 Å². The zero-order valence-corrected chi connectivity index (χ0v) is 7.40. The van der Waals surface area contributed by atoms with Crippen molar-refractivity contribution in [3.05, 3.63) is 36.6 Å². The Morgan fingerprint density at radius 1 is 1.07 bits per heavy atom. The van der Waals surface area contributed by atoms with Crippen molar-refractivity contribution >= 4 is 27.7 Å². The molecule has 3 nitrogen and oxygen atoms in total. The van der Waals surface area contributed by atoms with Gasteiger partial charge in [-0.3, -0.25) is 0 Å². The van der Waals surface area contributed by atoms with Crippen molar-refractivity contribution in [1.29, 1.82) is 0 Å². The van der Waals surface area contributed by atoms with Crippen molar-refractivity contribution in [2.45, 2.75) is 0 Å². The topological polar surface area (TPSA) is 52.0 Å². The van der Waals surface area contributed by atoms with E-state index in [4.69, 9.17) is 10.2 Å². The minimum absolute atomic E-state index is 0.534. The summed E-state index contributed by atoms with van der Waals surface area (Å²) < 4.78 is 5.29. The van der Waals surface area contributed by atoms with Gasteiger partial charge < -0.3 is 10.2 Å². The van der Waals surface area contributed by atoms with Gasteiger partial charge >= 0.3 is 0 Å². The van der Waals surface area contributed by atoms with Crippen LogP contribution in [0.5, 0.6) is 0 Å². The number of nitrogens with two attached hydrogens (primary N) is 1. The molecular formula is C11H8N2O. The molecule has 2 heterocycles. The lowest BCUT2D eigenvalue weighted by Gasteiger charge is -1.98. The van der Waals surface area contributed by atoms with Gasteiger partial charge in [-0.25, -0.2) is 4.98 Å². The highest BCUT2D eigenvalue weighted by Crippen LogP contribution is 2.25. The third-order valence-corrected chi connectivity index (χ3v) is 2.31. The summed E-state index contributed by atoms with van der Waals surface area (Å²) in [5.74, 6) is 0.534. The normalized spacial score (nSPS) is 11.1. The predicted octanol–water partition coefficient (Wildman–Crippen LogP) is 2.56. The van der Waals surface area contributed by atoms with Crippen LogP contribution in [0.15, 0.2) is 41.0 Å². The van der Waals surface area contributed by atoms with Crippen LogP contribution in [0.1, 0.15) is 0 Å². The standard InChI is InChI=1S/C11H8N2O/c12-10-4-2-7-1-3-9-8(5-6-14-9)11(7)13-10/h1-6H,(H2,12,13). The number of anilines is 1. The van der Waals surface area contributed by atoms with Crippen LogP contribution in [0.25, 0.3) is 21.9 Å². The maximum Gasteiger partial charge on any atom is 0.136 e. The zero-order chi connectivity index (χ0) is 9.54. The Balaban J connectivity index is 2.60. The Hall–Kier alpha value is -2.03. The highest BCUT2D eigenvalue weighted by molar-refractivity contribution is 6.03. The molecule has 0 unspecified atom stereocenters. The molecular weight excluding hydrogens is 176 g/mol. The zero-order valence-electron chi connectivity index (χ0n) is 7.40. The van der Waals surface area contributed by atoms with E-state index in [-0.39, 0.29) is 0 Å². The van der Waals surface area contributed by atoms with Gasteiger partial charge in [0.1, 0.15) is 11.4 Å². The average Bonchev–Trinajstić information content (AvgIpc) is 2.65. The molecule has 1 aromatic carbocycles. The van der Waals surface area contributed by atoms with E-state index in [1.165, 1.54) is 0 Å². The highest BCUT2D eigenvalue weighted by Gasteiger charge is 2.03. The van der Waals surface area contributed by atoms with Crippen molar-refractivity contribution in [3.8, 4) is 0 Å². The van der Waals surface area contributed by atoms with Crippen molar-refractivity contribution < 1.29 is 4.42 Å². The molecule has 0 saturated carbocycles. The van der Waals surface area contributed by atoms with Gasteiger partial charge in [-0.1, -0.05) is 0 Å². The first-order valence-electron chi connectivity index (χ1n) is 4.37. The Morgan fingerprint density at radius 2 is 1.93 bits per heavy atom. The molecule has 0 aliphatic heterocycles. The van der Waals surface area contributed by atoms with Gasteiger partial charge in [-0.05, 0) is 30.3 Å². The van der Waals surface area contributed by atoms with Crippen LogP contribution in [0, 0.1) is 0 Å². The van der Waals surface area contributed by atoms with E-state index < -0.39 is 0 Å². The maximum absolute atomic E-state index is 5.64. The van der Waals surface area contributed by atoms with Crippen LogP contribution in [-0.2, 0) is 0 Å². The van der Waals surface area contributed by atoms with Gasteiger partial charge in [0.2, 0.25) is 0 Å². The van der Waals surface area contributed by atoms with Crippen LogP contribution in [0.3, 0.4) is 0 Å². The third kappa shape index (κ3) is 0.893. The van der Waals surface area contributed by atoms with E-state index in [2.05, 4.69) is 4.98 Å². The second-order valence-corrected chi connectivity index (χ2v) is 3.21. The molecule has 0 bridgehead atoms. The Kier molecular flexibility index (Phi) is 1.31. The van der Waals surface area contributed by atoms with E-state index in [0.29, 0.717) is 5.82 Å². The van der Waals surface area contributed by atoms with E-state index in [1.807, 2.05) is 24.3 Å². The highest BCUT2D eigenvalue weighted by atomic mass is 16.3. The SMILES string of the molecule is Nc1ccc2ccc3occc3c2n1. The smallest absolute Gasteiger partial charge is 0.136 e. The number of benzene rings is 1. The van der Waals surface area contributed by atoms with Gasteiger partial charge in [0.05, 0.1) is 11.8 Å². The minimum Gasteiger partial charge on any atom is -0.464 e. The van der Waals surface area contributed by atoms with Crippen LogP contribution < -0.4 is 5.73 Å². The van der Waals surface area contributed by atoms with Crippen molar-refractivity contribution in [2.75, 3.05) is 5.73 Å². The monoisotopic (exact) mass is 184 g/mol. The molecule has 68 valence electrons. The molecule has 0 radical (unpaired) electrons. The lowest BCUT2D eigenvalue weighted by atomic mass is 10.1. The molecule has 3 heteroatoms. The molecule has 14 heavy (non-hydrogen) atoms. The first-order valence-corrected chi connectivity index (χ1v) is 4.37. The number of hydrogen-bond acceptors (Lipinski definition) is 3. The van der Waals surface area contributed by atoms with E-state index in [0.717, 1.165) is 21.9 Å². The summed E-state index contributed by atoms with van der Waals surface area (Å²) in [4.78, 5) is 4.29. The molecule has 0 aliphatic carbocycles. The van der Waals surface area contributed by atoms with Gasteiger partial charge in [-0.2, -0.15) is 0 Å². The van der Waals surface area contributed by atoms with Crippen molar-refractivity contribution in [3.63, 3.8) is 0 Å². The largest absolute Gasteiger partial charge is 0.464 e. The van der Waals surface area contributed by atoms with Crippen LogP contribution in [0.4, 0.5) is 5.82 Å². The molecule has 0 aliphatic rings. The van der Waals surface area contributed by atoms with Crippen molar-refractivity contribution in [1.82, 2.24) is 4.98 Å². The number of fused-ring (bicyclic) bond motifs is 3. The maximum atomic E-state index is 5.64. The Morgan fingerprint density at radius 3 is 2.86 bits per heavy atom. The average molecular weight is 184 g/mol. The fourth-order valence-electron chi connectivity index (χ4n) is 1.65. The molecule has 0 saturated heterocycles. The van der Waals surface area contributed by atoms with Crippen LogP contribution >= 0.6 is 0 Å². The second-order valence-electron chi connectivity index (χ2n) is 3.21. The number of nitrogens with zero attached hydrogens (tertiary/aromatic N) is 1. The molecule has 2 aromatic heterocycles. The number of aromatic nitrogens is 1. The molecule has 3 rings (SSSR count). The summed E-state index contributed by atoms with van der Waals surface area (Å²) in [5.41, 5.74) is 7.38. The lowest BCUT2D eigenvalue weighted by Crippen LogP contribution is -1.89. The van der Waals surface area contributed by atoms with Crippen LogP contribution in [0.2, 0.25) is 0 Å². The summed E-state index contributed by atoms with van der Waals surface area (Å²) in [6.45, 7) is 0. The quantitative estimate of drug-likeness (QED) is 0.584. The summed E-state index contributed by atoms with van der Waals surface area (Å²) >= 11 is 0. The van der Waals surface area contributed by atoms with Gasteiger partial charge in [-0.15, -0.1) is 0 Å². The molecule has 0 atom stereocenters.